The SMILES string of the molecule is C#CC(C)(C)c1cn(C)nc1C(F)F. The van der Waals surface area contributed by atoms with E-state index < -0.39 is 11.8 Å². The maximum absolute atomic E-state index is 12.6. The Hall–Kier alpha value is -1.37. The van der Waals surface area contributed by atoms with Crippen LogP contribution in [0.5, 0.6) is 0 Å². The Balaban J connectivity index is 3.28. The molecule has 0 fully saturated rings. The average molecular weight is 198 g/mol. The van der Waals surface area contributed by atoms with Crippen molar-refractivity contribution in [2.45, 2.75) is 25.7 Å². The summed E-state index contributed by atoms with van der Waals surface area (Å²) in [5.41, 5.74) is -0.520. The van der Waals surface area contributed by atoms with E-state index in [1.807, 2.05) is 0 Å². The van der Waals surface area contributed by atoms with Crippen molar-refractivity contribution < 1.29 is 8.78 Å². The molecule has 0 bridgehead atoms. The van der Waals surface area contributed by atoms with Crippen molar-refractivity contribution in [2.24, 2.45) is 7.05 Å². The van der Waals surface area contributed by atoms with Gasteiger partial charge in [0.05, 0.1) is 5.41 Å². The molecule has 0 aliphatic heterocycles. The lowest BCUT2D eigenvalue weighted by molar-refractivity contribution is 0.143. The lowest BCUT2D eigenvalue weighted by atomic mass is 9.86. The van der Waals surface area contributed by atoms with Crippen LogP contribution in [0.1, 0.15) is 31.5 Å². The maximum Gasteiger partial charge on any atom is 0.282 e. The lowest BCUT2D eigenvalue weighted by Gasteiger charge is -2.16. The van der Waals surface area contributed by atoms with Crippen LogP contribution >= 0.6 is 0 Å². The normalized spacial score (nSPS) is 11.8. The fraction of sp³-hybridized carbons (Fsp3) is 0.500. The van der Waals surface area contributed by atoms with Crippen LogP contribution in [0.25, 0.3) is 0 Å². The number of aryl methyl sites for hydroxylation is 1. The molecule has 0 spiro atoms. The second-order valence-electron chi connectivity index (χ2n) is 3.67. The number of nitrogens with zero attached hydrogens (tertiary/aromatic N) is 2. The first-order chi connectivity index (χ1) is 6.38. The summed E-state index contributed by atoms with van der Waals surface area (Å²) < 4.78 is 26.5. The highest BCUT2D eigenvalue weighted by atomic mass is 19.3. The second kappa shape index (κ2) is 3.41. The number of alkyl halides is 2. The first kappa shape index (κ1) is 10.7. The van der Waals surface area contributed by atoms with Gasteiger partial charge in [0.25, 0.3) is 6.43 Å². The van der Waals surface area contributed by atoms with Crippen molar-refractivity contribution in [1.82, 2.24) is 9.78 Å². The minimum atomic E-state index is -2.58. The van der Waals surface area contributed by atoms with Crippen molar-refractivity contribution in [3.05, 3.63) is 17.5 Å². The number of halogens is 2. The van der Waals surface area contributed by atoms with E-state index in [4.69, 9.17) is 6.42 Å². The van der Waals surface area contributed by atoms with Crippen molar-refractivity contribution in [3.8, 4) is 12.3 Å². The van der Waals surface area contributed by atoms with Gasteiger partial charge in [-0.2, -0.15) is 5.10 Å². The van der Waals surface area contributed by atoms with Crippen LogP contribution in [-0.2, 0) is 12.5 Å². The van der Waals surface area contributed by atoms with Gasteiger partial charge in [0.15, 0.2) is 0 Å². The van der Waals surface area contributed by atoms with Gasteiger partial charge in [-0.05, 0) is 13.8 Å². The summed E-state index contributed by atoms with van der Waals surface area (Å²) in [5.74, 6) is 2.48. The van der Waals surface area contributed by atoms with Crippen LogP contribution in [0.4, 0.5) is 8.78 Å². The van der Waals surface area contributed by atoms with E-state index in [1.165, 1.54) is 4.68 Å². The molecule has 1 rings (SSSR count). The number of hydrogen-bond acceptors (Lipinski definition) is 1. The predicted octanol–water partition coefficient (Wildman–Crippen LogP) is 2.27. The highest BCUT2D eigenvalue weighted by Crippen LogP contribution is 2.30. The van der Waals surface area contributed by atoms with Gasteiger partial charge in [0.2, 0.25) is 0 Å². The molecule has 76 valence electrons. The molecule has 0 radical (unpaired) electrons. The zero-order valence-electron chi connectivity index (χ0n) is 8.38. The smallest absolute Gasteiger partial charge is 0.275 e. The molecule has 1 aromatic rings. The molecule has 1 heterocycles. The Morgan fingerprint density at radius 2 is 2.14 bits per heavy atom. The maximum atomic E-state index is 12.6. The summed E-state index contributed by atoms with van der Waals surface area (Å²) in [6.45, 7) is 3.44. The molecular weight excluding hydrogens is 186 g/mol. The van der Waals surface area contributed by atoms with E-state index in [2.05, 4.69) is 11.0 Å². The van der Waals surface area contributed by atoms with Crippen LogP contribution in [0.3, 0.4) is 0 Å². The molecule has 0 amide bonds. The third-order valence-electron chi connectivity index (χ3n) is 2.10. The lowest BCUT2D eigenvalue weighted by Crippen LogP contribution is -2.15. The van der Waals surface area contributed by atoms with E-state index >= 15 is 0 Å². The molecule has 1 aromatic heterocycles. The summed E-state index contributed by atoms with van der Waals surface area (Å²) in [5, 5.41) is 3.70. The molecule has 0 atom stereocenters. The zero-order valence-corrected chi connectivity index (χ0v) is 8.38. The van der Waals surface area contributed by atoms with E-state index in [-0.39, 0.29) is 5.69 Å². The summed E-state index contributed by atoms with van der Waals surface area (Å²) in [7, 11) is 1.60. The summed E-state index contributed by atoms with van der Waals surface area (Å²) in [6, 6.07) is 0. The Morgan fingerprint density at radius 3 is 2.57 bits per heavy atom. The Bertz CT molecular complexity index is 372. The molecule has 0 unspecified atom stereocenters. The average Bonchev–Trinajstić information content (AvgIpc) is 2.48. The molecule has 0 saturated heterocycles. The monoisotopic (exact) mass is 198 g/mol. The Kier molecular flexibility index (Phi) is 2.61. The summed E-state index contributed by atoms with van der Waals surface area (Å²) >= 11 is 0. The predicted molar refractivity (Wildman–Crippen MR) is 50.0 cm³/mol. The third kappa shape index (κ3) is 1.77. The summed E-state index contributed by atoms with van der Waals surface area (Å²) in [6.07, 6.45) is 4.24. The highest BCUT2D eigenvalue weighted by molar-refractivity contribution is 5.34. The fourth-order valence-electron chi connectivity index (χ4n) is 1.23. The Morgan fingerprint density at radius 1 is 1.57 bits per heavy atom. The molecule has 0 N–H and O–H groups in total. The largest absolute Gasteiger partial charge is 0.282 e. The third-order valence-corrected chi connectivity index (χ3v) is 2.10. The molecule has 0 aliphatic carbocycles. The van der Waals surface area contributed by atoms with Gasteiger partial charge >= 0.3 is 0 Å². The van der Waals surface area contributed by atoms with Gasteiger partial charge in [0.1, 0.15) is 5.69 Å². The van der Waals surface area contributed by atoms with Gasteiger partial charge < -0.3 is 0 Å². The van der Waals surface area contributed by atoms with Gasteiger partial charge in [-0.3, -0.25) is 4.68 Å². The van der Waals surface area contributed by atoms with Gasteiger partial charge in [-0.15, -0.1) is 6.42 Å². The van der Waals surface area contributed by atoms with Crippen molar-refractivity contribution >= 4 is 0 Å². The van der Waals surface area contributed by atoms with Crippen LogP contribution < -0.4 is 0 Å². The molecule has 0 aromatic carbocycles. The molecule has 0 saturated carbocycles. The van der Waals surface area contributed by atoms with Crippen LogP contribution in [0.2, 0.25) is 0 Å². The second-order valence-corrected chi connectivity index (χ2v) is 3.67. The Labute approximate surface area is 81.9 Å². The van der Waals surface area contributed by atoms with Crippen LogP contribution in [0.15, 0.2) is 6.20 Å². The molecule has 4 heteroatoms. The molecular formula is C10H12F2N2. The van der Waals surface area contributed by atoms with Gasteiger partial charge in [0, 0.05) is 18.8 Å². The molecule has 2 nitrogen and oxygen atoms in total. The molecule has 0 aliphatic rings. The number of hydrogen-bond donors (Lipinski definition) is 0. The van der Waals surface area contributed by atoms with Crippen LogP contribution in [-0.4, -0.2) is 9.78 Å². The summed E-state index contributed by atoms with van der Waals surface area (Å²) in [4.78, 5) is 0. The standard InChI is InChI=1S/C10H12F2N2/c1-5-10(2,3)7-6-14(4)13-8(7)9(11)12/h1,6,9H,2-4H3. The zero-order chi connectivity index (χ0) is 10.9. The van der Waals surface area contributed by atoms with Crippen molar-refractivity contribution in [3.63, 3.8) is 0 Å². The number of aromatic nitrogens is 2. The van der Waals surface area contributed by atoms with Crippen LogP contribution in [0, 0.1) is 12.3 Å². The topological polar surface area (TPSA) is 17.8 Å². The molecule has 14 heavy (non-hydrogen) atoms. The number of rotatable bonds is 2. The van der Waals surface area contributed by atoms with Crippen molar-refractivity contribution in [2.75, 3.05) is 0 Å². The first-order valence-electron chi connectivity index (χ1n) is 4.18. The van der Waals surface area contributed by atoms with E-state index in [1.54, 1.807) is 27.1 Å². The van der Waals surface area contributed by atoms with E-state index in [0.717, 1.165) is 0 Å². The minimum absolute atomic E-state index is 0.226. The van der Waals surface area contributed by atoms with E-state index in [9.17, 15) is 8.78 Å². The van der Waals surface area contributed by atoms with E-state index in [0.29, 0.717) is 5.56 Å². The van der Waals surface area contributed by atoms with Gasteiger partial charge in [-0.1, -0.05) is 5.92 Å². The number of terminal acetylenes is 1. The highest BCUT2D eigenvalue weighted by Gasteiger charge is 2.28. The first-order valence-corrected chi connectivity index (χ1v) is 4.18. The minimum Gasteiger partial charge on any atom is -0.275 e. The quantitative estimate of drug-likeness (QED) is 0.666. The fourth-order valence-corrected chi connectivity index (χ4v) is 1.23. The van der Waals surface area contributed by atoms with Gasteiger partial charge in [-0.25, -0.2) is 8.78 Å². The van der Waals surface area contributed by atoms with Crippen molar-refractivity contribution in [1.29, 1.82) is 0 Å².